The van der Waals surface area contributed by atoms with E-state index in [9.17, 15) is 22.8 Å². The lowest BCUT2D eigenvalue weighted by atomic mass is 10.1. The Kier molecular flexibility index (Phi) is 6.17. The predicted molar refractivity (Wildman–Crippen MR) is 90.0 cm³/mol. The third-order valence-corrected chi connectivity index (χ3v) is 3.60. The molecule has 0 radical (unpaired) electrons. The number of nitrogens with zero attached hydrogens (tertiary/aromatic N) is 1. The number of methoxy groups -OCH3 is 2. The fourth-order valence-electron chi connectivity index (χ4n) is 2.23. The van der Waals surface area contributed by atoms with Crippen LogP contribution < -0.4 is 9.64 Å². The first-order valence-corrected chi connectivity index (χ1v) is 7.66. The molecule has 6 nitrogen and oxygen atoms in total. The fourth-order valence-corrected chi connectivity index (χ4v) is 2.49. The second-order valence-electron chi connectivity index (χ2n) is 4.98. The van der Waals surface area contributed by atoms with Gasteiger partial charge in [0, 0.05) is 12.3 Å². The van der Waals surface area contributed by atoms with Gasteiger partial charge in [0.15, 0.2) is 0 Å². The first-order chi connectivity index (χ1) is 12.7. The molecule has 27 heavy (non-hydrogen) atoms. The summed E-state index contributed by atoms with van der Waals surface area (Å²) in [6.45, 7) is 0. The van der Waals surface area contributed by atoms with Crippen molar-refractivity contribution in [3.05, 3.63) is 58.9 Å². The van der Waals surface area contributed by atoms with Gasteiger partial charge in [-0.05, 0) is 24.3 Å². The minimum absolute atomic E-state index is 0.118. The van der Waals surface area contributed by atoms with Crippen LogP contribution in [0.2, 0.25) is 5.02 Å². The van der Waals surface area contributed by atoms with Gasteiger partial charge in [-0.15, -0.1) is 13.2 Å². The standard InChI is InChI=1S/C17H13ClF3NO5/c1-25-15(23)11-5-3-4-8-22(14(11)16(24)26-2)13-7-6-10(9-12(13)18)27-17(19,20)21/h3-9H,1-2H3. The molecule has 0 saturated heterocycles. The molecule has 0 saturated carbocycles. The monoisotopic (exact) mass is 403 g/mol. The number of rotatable bonds is 4. The van der Waals surface area contributed by atoms with Crippen molar-refractivity contribution in [3.8, 4) is 5.75 Å². The first kappa shape index (κ1) is 20.4. The highest BCUT2D eigenvalue weighted by Crippen LogP contribution is 2.36. The Morgan fingerprint density at radius 3 is 2.30 bits per heavy atom. The number of ether oxygens (including phenoxy) is 3. The van der Waals surface area contributed by atoms with Crippen LogP contribution in [-0.4, -0.2) is 32.5 Å². The second kappa shape index (κ2) is 8.17. The minimum atomic E-state index is -4.88. The molecule has 0 fully saturated rings. The van der Waals surface area contributed by atoms with Crippen molar-refractivity contribution in [3.63, 3.8) is 0 Å². The molecule has 2 rings (SSSR count). The van der Waals surface area contributed by atoms with E-state index in [1.807, 2.05) is 0 Å². The third-order valence-electron chi connectivity index (χ3n) is 3.30. The molecule has 1 aliphatic rings. The summed E-state index contributed by atoms with van der Waals surface area (Å²) in [5.74, 6) is -2.23. The zero-order valence-corrected chi connectivity index (χ0v) is 14.8. The number of hydrogen-bond acceptors (Lipinski definition) is 6. The quantitative estimate of drug-likeness (QED) is 0.714. The summed E-state index contributed by atoms with van der Waals surface area (Å²) >= 11 is 6.09. The van der Waals surface area contributed by atoms with Crippen LogP contribution >= 0.6 is 11.6 Å². The second-order valence-corrected chi connectivity index (χ2v) is 5.38. The van der Waals surface area contributed by atoms with E-state index in [2.05, 4.69) is 9.47 Å². The summed E-state index contributed by atoms with van der Waals surface area (Å²) in [5, 5.41) is -0.158. The van der Waals surface area contributed by atoms with E-state index in [-0.39, 0.29) is 22.0 Å². The van der Waals surface area contributed by atoms with Gasteiger partial charge < -0.3 is 19.1 Å². The van der Waals surface area contributed by atoms with E-state index in [0.717, 1.165) is 26.4 Å². The number of hydrogen-bond donors (Lipinski definition) is 0. The van der Waals surface area contributed by atoms with Crippen molar-refractivity contribution < 1.29 is 37.0 Å². The van der Waals surface area contributed by atoms with Crippen molar-refractivity contribution in [1.29, 1.82) is 0 Å². The fraction of sp³-hybridized carbons (Fsp3) is 0.176. The topological polar surface area (TPSA) is 65.1 Å². The van der Waals surface area contributed by atoms with Gasteiger partial charge in [0.1, 0.15) is 11.4 Å². The molecule has 0 N–H and O–H groups in total. The summed E-state index contributed by atoms with van der Waals surface area (Å²) in [6, 6.07) is 3.16. The molecular formula is C17H13ClF3NO5. The molecule has 0 spiro atoms. The lowest BCUT2D eigenvalue weighted by Crippen LogP contribution is -2.27. The predicted octanol–water partition coefficient (Wildman–Crippen LogP) is 3.73. The van der Waals surface area contributed by atoms with Crippen LogP contribution in [0.15, 0.2) is 53.9 Å². The highest BCUT2D eigenvalue weighted by molar-refractivity contribution is 6.33. The molecule has 0 atom stereocenters. The Hall–Kier alpha value is -2.94. The highest BCUT2D eigenvalue weighted by Gasteiger charge is 2.32. The van der Waals surface area contributed by atoms with Gasteiger partial charge in [0.25, 0.3) is 0 Å². The molecule has 144 valence electrons. The van der Waals surface area contributed by atoms with Gasteiger partial charge in [-0.3, -0.25) is 0 Å². The summed E-state index contributed by atoms with van der Waals surface area (Å²) in [5.41, 5.74) is -0.227. The van der Waals surface area contributed by atoms with E-state index in [1.165, 1.54) is 35.4 Å². The van der Waals surface area contributed by atoms with Gasteiger partial charge in [-0.25, -0.2) is 9.59 Å². The van der Waals surface area contributed by atoms with Crippen molar-refractivity contribution >= 4 is 29.2 Å². The third kappa shape index (κ3) is 4.82. The Morgan fingerprint density at radius 1 is 1.07 bits per heavy atom. The summed E-state index contributed by atoms with van der Waals surface area (Å²) in [6.07, 6.45) is 0.819. The van der Waals surface area contributed by atoms with Gasteiger partial charge in [-0.2, -0.15) is 0 Å². The molecule has 0 amide bonds. The van der Waals surface area contributed by atoms with Crippen LogP contribution in [-0.2, 0) is 19.1 Å². The van der Waals surface area contributed by atoms with Crippen molar-refractivity contribution in [1.82, 2.24) is 0 Å². The zero-order valence-electron chi connectivity index (χ0n) is 14.0. The molecule has 0 aromatic heterocycles. The zero-order chi connectivity index (χ0) is 20.2. The number of esters is 2. The number of carbonyl (C=O) groups is 2. The number of anilines is 1. The summed E-state index contributed by atoms with van der Waals surface area (Å²) < 4.78 is 50.3. The van der Waals surface area contributed by atoms with Crippen LogP contribution in [0.4, 0.5) is 18.9 Å². The maximum atomic E-state index is 12.4. The Morgan fingerprint density at radius 2 is 1.74 bits per heavy atom. The molecule has 10 heteroatoms. The van der Waals surface area contributed by atoms with Gasteiger partial charge >= 0.3 is 18.3 Å². The van der Waals surface area contributed by atoms with Crippen molar-refractivity contribution in [2.24, 2.45) is 0 Å². The summed E-state index contributed by atoms with van der Waals surface area (Å²) in [7, 11) is 2.25. The van der Waals surface area contributed by atoms with Gasteiger partial charge in [0.05, 0.1) is 30.5 Å². The van der Waals surface area contributed by atoms with E-state index < -0.39 is 24.1 Å². The average molecular weight is 404 g/mol. The molecular weight excluding hydrogens is 391 g/mol. The normalized spacial score (nSPS) is 14.1. The van der Waals surface area contributed by atoms with Crippen molar-refractivity contribution in [2.75, 3.05) is 19.1 Å². The molecule has 0 aliphatic carbocycles. The first-order valence-electron chi connectivity index (χ1n) is 7.28. The van der Waals surface area contributed by atoms with E-state index >= 15 is 0 Å². The number of allylic oxidation sites excluding steroid dienone is 2. The maximum Gasteiger partial charge on any atom is 0.573 e. The maximum absolute atomic E-state index is 12.4. The Balaban J connectivity index is 2.57. The Bertz CT molecular complexity index is 845. The number of benzene rings is 1. The molecule has 1 aromatic rings. The highest BCUT2D eigenvalue weighted by atomic mass is 35.5. The van der Waals surface area contributed by atoms with Crippen LogP contribution in [0, 0.1) is 0 Å². The minimum Gasteiger partial charge on any atom is -0.465 e. The molecule has 1 aliphatic heterocycles. The van der Waals surface area contributed by atoms with Crippen LogP contribution in [0.5, 0.6) is 5.75 Å². The number of carbonyl (C=O) groups excluding carboxylic acids is 2. The van der Waals surface area contributed by atoms with Crippen LogP contribution in [0.1, 0.15) is 0 Å². The molecule has 0 unspecified atom stereocenters. The number of alkyl halides is 3. The van der Waals surface area contributed by atoms with E-state index in [1.54, 1.807) is 0 Å². The lowest BCUT2D eigenvalue weighted by Gasteiger charge is -2.24. The Labute approximate surface area is 157 Å². The average Bonchev–Trinajstić information content (AvgIpc) is 2.82. The van der Waals surface area contributed by atoms with Crippen LogP contribution in [0.3, 0.4) is 0 Å². The molecule has 1 heterocycles. The van der Waals surface area contributed by atoms with Crippen LogP contribution in [0.25, 0.3) is 0 Å². The van der Waals surface area contributed by atoms with E-state index in [4.69, 9.17) is 16.3 Å². The molecule has 0 bridgehead atoms. The number of halogens is 4. The lowest BCUT2D eigenvalue weighted by molar-refractivity contribution is -0.274. The SMILES string of the molecule is COC(=O)C1=C(C(=O)OC)N(c2ccc(OC(F)(F)F)cc2Cl)C=CC=C1. The van der Waals surface area contributed by atoms with Gasteiger partial charge in [-0.1, -0.05) is 17.7 Å². The van der Waals surface area contributed by atoms with Gasteiger partial charge in [0.2, 0.25) is 0 Å². The largest absolute Gasteiger partial charge is 0.573 e. The van der Waals surface area contributed by atoms with E-state index in [0.29, 0.717) is 0 Å². The molecule has 1 aromatic carbocycles. The summed E-state index contributed by atoms with van der Waals surface area (Å²) in [4.78, 5) is 25.5. The smallest absolute Gasteiger partial charge is 0.465 e. The van der Waals surface area contributed by atoms with Crippen molar-refractivity contribution in [2.45, 2.75) is 6.36 Å².